The Labute approximate surface area is 124 Å². The van der Waals surface area contributed by atoms with Crippen molar-refractivity contribution in [3.05, 3.63) is 29.3 Å². The smallest absolute Gasteiger partial charge is 0.231 e. The summed E-state index contributed by atoms with van der Waals surface area (Å²) in [6.07, 6.45) is 3.61. The Balaban J connectivity index is 1.89. The summed E-state index contributed by atoms with van der Waals surface area (Å²) in [5.74, 6) is 0.322. The third-order valence-corrected chi connectivity index (χ3v) is 4.89. The quantitative estimate of drug-likeness (QED) is 0.864. The molecule has 1 aliphatic carbocycles. The molecule has 0 radical (unpaired) electrons. The maximum atomic E-state index is 12.0. The molecule has 106 valence electrons. The van der Waals surface area contributed by atoms with E-state index >= 15 is 0 Å². The molecule has 0 aromatic heterocycles. The van der Waals surface area contributed by atoms with Crippen LogP contribution in [0.4, 0.5) is 0 Å². The Morgan fingerprint density at radius 1 is 1.35 bits per heavy atom. The van der Waals surface area contributed by atoms with E-state index < -0.39 is 5.54 Å². The van der Waals surface area contributed by atoms with Gasteiger partial charge in [0.1, 0.15) is 5.54 Å². The summed E-state index contributed by atoms with van der Waals surface area (Å²) in [6, 6.07) is 8.49. The van der Waals surface area contributed by atoms with Crippen molar-refractivity contribution in [1.82, 2.24) is 5.32 Å². The molecule has 1 fully saturated rings. The Bertz CT molecular complexity index is 542. The SMILES string of the molecule is Cc1ccc(SCC(=O)NC2(C#N)CCCC2)cc1C. The van der Waals surface area contributed by atoms with E-state index in [4.69, 9.17) is 0 Å². The average Bonchev–Trinajstić information content (AvgIpc) is 2.89. The van der Waals surface area contributed by atoms with Gasteiger partial charge in [-0.15, -0.1) is 11.8 Å². The highest BCUT2D eigenvalue weighted by Gasteiger charge is 2.35. The van der Waals surface area contributed by atoms with Crippen LogP contribution in [0.2, 0.25) is 0 Å². The molecule has 0 saturated heterocycles. The van der Waals surface area contributed by atoms with E-state index in [1.807, 2.05) is 6.07 Å². The highest BCUT2D eigenvalue weighted by atomic mass is 32.2. The third-order valence-electron chi connectivity index (χ3n) is 3.90. The molecule has 0 heterocycles. The topological polar surface area (TPSA) is 52.9 Å². The number of thioether (sulfide) groups is 1. The number of amides is 1. The van der Waals surface area contributed by atoms with E-state index in [9.17, 15) is 10.1 Å². The minimum absolute atomic E-state index is 0.0447. The molecule has 2 rings (SSSR count). The second-order valence-corrected chi connectivity index (χ2v) is 6.53. The van der Waals surface area contributed by atoms with Crippen LogP contribution in [0, 0.1) is 25.2 Å². The van der Waals surface area contributed by atoms with E-state index in [0.717, 1.165) is 30.6 Å². The van der Waals surface area contributed by atoms with Gasteiger partial charge in [0.05, 0.1) is 11.8 Å². The first kappa shape index (κ1) is 14.9. The minimum atomic E-state index is -0.610. The van der Waals surface area contributed by atoms with Crippen LogP contribution in [-0.2, 0) is 4.79 Å². The molecule has 0 unspecified atom stereocenters. The molecular formula is C16H20N2OS. The van der Waals surface area contributed by atoms with Crippen LogP contribution in [0.3, 0.4) is 0 Å². The lowest BCUT2D eigenvalue weighted by Gasteiger charge is -2.21. The number of hydrogen-bond acceptors (Lipinski definition) is 3. The first-order chi connectivity index (χ1) is 9.54. The molecule has 0 aliphatic heterocycles. The van der Waals surface area contributed by atoms with Gasteiger partial charge in [0, 0.05) is 4.90 Å². The van der Waals surface area contributed by atoms with E-state index in [2.05, 4.69) is 37.4 Å². The summed E-state index contributed by atoms with van der Waals surface area (Å²) in [5, 5.41) is 12.2. The van der Waals surface area contributed by atoms with Gasteiger partial charge in [-0.1, -0.05) is 6.07 Å². The van der Waals surface area contributed by atoms with Gasteiger partial charge in [-0.25, -0.2) is 0 Å². The lowest BCUT2D eigenvalue weighted by atomic mass is 10.0. The predicted molar refractivity (Wildman–Crippen MR) is 81.6 cm³/mol. The Morgan fingerprint density at radius 2 is 2.05 bits per heavy atom. The maximum absolute atomic E-state index is 12.0. The zero-order valence-corrected chi connectivity index (χ0v) is 12.8. The summed E-state index contributed by atoms with van der Waals surface area (Å²) >= 11 is 1.52. The summed E-state index contributed by atoms with van der Waals surface area (Å²) in [5.41, 5.74) is 1.88. The molecule has 0 bridgehead atoms. The van der Waals surface area contributed by atoms with Gasteiger partial charge in [0.2, 0.25) is 5.91 Å². The molecule has 20 heavy (non-hydrogen) atoms. The number of benzene rings is 1. The van der Waals surface area contributed by atoms with Crippen LogP contribution >= 0.6 is 11.8 Å². The number of nitrogens with zero attached hydrogens (tertiary/aromatic N) is 1. The molecule has 1 amide bonds. The van der Waals surface area contributed by atoms with Gasteiger partial charge in [0.15, 0.2) is 0 Å². The van der Waals surface area contributed by atoms with Crippen molar-refractivity contribution in [2.75, 3.05) is 5.75 Å². The molecule has 3 nitrogen and oxygen atoms in total. The first-order valence-corrected chi connectivity index (χ1v) is 7.95. The monoisotopic (exact) mass is 288 g/mol. The third kappa shape index (κ3) is 3.55. The highest BCUT2D eigenvalue weighted by molar-refractivity contribution is 8.00. The fraction of sp³-hybridized carbons (Fsp3) is 0.500. The second-order valence-electron chi connectivity index (χ2n) is 5.48. The minimum Gasteiger partial charge on any atom is -0.337 e. The molecule has 1 aromatic carbocycles. The molecule has 1 N–H and O–H groups in total. The molecule has 1 aromatic rings. The van der Waals surface area contributed by atoms with Gasteiger partial charge < -0.3 is 5.32 Å². The van der Waals surface area contributed by atoms with Crippen LogP contribution < -0.4 is 5.32 Å². The maximum Gasteiger partial charge on any atom is 0.231 e. The van der Waals surface area contributed by atoms with Crippen LogP contribution in [0.1, 0.15) is 36.8 Å². The van der Waals surface area contributed by atoms with Gasteiger partial charge in [-0.05, 0) is 62.8 Å². The Hall–Kier alpha value is -1.47. The van der Waals surface area contributed by atoms with E-state index in [1.54, 1.807) is 0 Å². The Kier molecular flexibility index (Phi) is 4.72. The van der Waals surface area contributed by atoms with Crippen molar-refractivity contribution < 1.29 is 4.79 Å². The van der Waals surface area contributed by atoms with Gasteiger partial charge in [-0.3, -0.25) is 4.79 Å². The average molecular weight is 288 g/mol. The van der Waals surface area contributed by atoms with Crippen LogP contribution in [0.15, 0.2) is 23.1 Å². The number of nitriles is 1. The number of hydrogen-bond donors (Lipinski definition) is 1. The number of carbonyl (C=O) groups excluding carboxylic acids is 1. The normalized spacial score (nSPS) is 16.6. The van der Waals surface area contributed by atoms with Gasteiger partial charge in [-0.2, -0.15) is 5.26 Å². The lowest BCUT2D eigenvalue weighted by molar-refractivity contribution is -0.119. The van der Waals surface area contributed by atoms with Crippen molar-refractivity contribution in [1.29, 1.82) is 5.26 Å². The fourth-order valence-electron chi connectivity index (χ4n) is 2.50. The molecule has 0 atom stereocenters. The number of rotatable bonds is 4. The first-order valence-electron chi connectivity index (χ1n) is 6.97. The van der Waals surface area contributed by atoms with Crippen molar-refractivity contribution >= 4 is 17.7 Å². The van der Waals surface area contributed by atoms with Crippen molar-refractivity contribution in [3.8, 4) is 6.07 Å². The van der Waals surface area contributed by atoms with Gasteiger partial charge >= 0.3 is 0 Å². The molecule has 1 aliphatic rings. The molecule has 1 saturated carbocycles. The number of nitrogens with one attached hydrogen (secondary N) is 1. The van der Waals surface area contributed by atoms with Gasteiger partial charge in [0.25, 0.3) is 0 Å². The fourth-order valence-corrected chi connectivity index (χ4v) is 3.29. The summed E-state index contributed by atoms with van der Waals surface area (Å²) < 4.78 is 0. The molecule has 0 spiro atoms. The van der Waals surface area contributed by atoms with E-state index in [1.165, 1.54) is 22.9 Å². The lowest BCUT2D eigenvalue weighted by Crippen LogP contribution is -2.45. The molecular weight excluding hydrogens is 268 g/mol. The molecule has 4 heteroatoms. The zero-order valence-electron chi connectivity index (χ0n) is 12.0. The summed E-state index contributed by atoms with van der Waals surface area (Å²) in [4.78, 5) is 13.1. The largest absolute Gasteiger partial charge is 0.337 e. The van der Waals surface area contributed by atoms with Crippen molar-refractivity contribution in [3.63, 3.8) is 0 Å². The van der Waals surface area contributed by atoms with Crippen LogP contribution in [0.5, 0.6) is 0 Å². The van der Waals surface area contributed by atoms with Crippen LogP contribution in [0.25, 0.3) is 0 Å². The summed E-state index contributed by atoms with van der Waals surface area (Å²) in [7, 11) is 0. The number of carbonyl (C=O) groups is 1. The second kappa shape index (κ2) is 6.32. The highest BCUT2D eigenvalue weighted by Crippen LogP contribution is 2.29. The van der Waals surface area contributed by atoms with Crippen LogP contribution in [-0.4, -0.2) is 17.2 Å². The van der Waals surface area contributed by atoms with Crippen molar-refractivity contribution in [2.24, 2.45) is 0 Å². The van der Waals surface area contributed by atoms with Crippen molar-refractivity contribution in [2.45, 2.75) is 50.0 Å². The predicted octanol–water partition coefficient (Wildman–Crippen LogP) is 3.35. The number of aryl methyl sites for hydroxylation is 2. The zero-order chi connectivity index (χ0) is 14.6. The Morgan fingerprint density at radius 3 is 2.65 bits per heavy atom. The summed E-state index contributed by atoms with van der Waals surface area (Å²) in [6.45, 7) is 4.15. The van der Waals surface area contributed by atoms with E-state index in [0.29, 0.717) is 5.75 Å². The van der Waals surface area contributed by atoms with E-state index in [-0.39, 0.29) is 5.91 Å². The standard InChI is InChI=1S/C16H20N2OS/c1-12-5-6-14(9-13(12)2)20-10-15(19)18-16(11-17)7-3-4-8-16/h5-6,9H,3-4,7-8,10H2,1-2H3,(H,18,19).